The van der Waals surface area contributed by atoms with Crippen LogP contribution in [0.2, 0.25) is 0 Å². The van der Waals surface area contributed by atoms with Gasteiger partial charge in [0.2, 0.25) is 0 Å². The number of nitrogens with zero attached hydrogens (tertiary/aromatic N) is 3. The van der Waals surface area contributed by atoms with E-state index < -0.39 is 0 Å². The van der Waals surface area contributed by atoms with E-state index >= 15 is 0 Å². The molecule has 0 radical (unpaired) electrons. The largest absolute Gasteiger partial charge is 0.349 e. The molecule has 7 heteroatoms. The first-order valence-corrected chi connectivity index (χ1v) is 9.25. The molecular weight excluding hydrogens is 316 g/mol. The summed E-state index contributed by atoms with van der Waals surface area (Å²) in [5.74, 6) is -0.0638. The van der Waals surface area contributed by atoms with E-state index in [2.05, 4.69) is 37.3 Å². The van der Waals surface area contributed by atoms with Gasteiger partial charge in [0.1, 0.15) is 4.88 Å². The van der Waals surface area contributed by atoms with Crippen molar-refractivity contribution in [3.63, 3.8) is 0 Å². The third-order valence-electron chi connectivity index (χ3n) is 4.02. The fourth-order valence-corrected chi connectivity index (χ4v) is 4.26. The summed E-state index contributed by atoms with van der Waals surface area (Å²) in [5.41, 5.74) is 0.702. The Morgan fingerprint density at radius 2 is 2.23 bits per heavy atom. The van der Waals surface area contributed by atoms with Crippen molar-refractivity contribution >= 4 is 28.8 Å². The van der Waals surface area contributed by atoms with Gasteiger partial charge in [0.05, 0.1) is 11.7 Å². The average Bonchev–Trinajstić information content (AvgIpc) is 3.20. The number of aromatic nitrogens is 2. The van der Waals surface area contributed by atoms with Crippen LogP contribution in [0.4, 0.5) is 0 Å². The van der Waals surface area contributed by atoms with Gasteiger partial charge < -0.3 is 5.32 Å². The van der Waals surface area contributed by atoms with Gasteiger partial charge in [-0.05, 0) is 55.8 Å². The van der Waals surface area contributed by atoms with Crippen LogP contribution in [-0.4, -0.2) is 40.0 Å². The summed E-state index contributed by atoms with van der Waals surface area (Å²) in [6.07, 6.45) is 3.80. The molecule has 1 saturated heterocycles. The zero-order chi connectivity index (χ0) is 15.4. The van der Waals surface area contributed by atoms with Crippen LogP contribution in [0.5, 0.6) is 0 Å². The van der Waals surface area contributed by atoms with Crippen molar-refractivity contribution in [3.8, 4) is 0 Å². The van der Waals surface area contributed by atoms with Gasteiger partial charge in [-0.3, -0.25) is 9.69 Å². The maximum atomic E-state index is 12.3. The number of aryl methyl sites for hydroxylation is 1. The summed E-state index contributed by atoms with van der Waals surface area (Å²) in [6, 6.07) is 4.51. The van der Waals surface area contributed by atoms with Crippen molar-refractivity contribution in [3.05, 3.63) is 33.0 Å². The fourth-order valence-electron chi connectivity index (χ4n) is 2.83. The standard InChI is InChI=1S/C15H20N4OS2/c1-11-14(22-18-17-11)15(20)16-10-12(13-6-5-9-21-13)19-7-3-2-4-8-19/h5-6,9,12H,2-4,7-8,10H2,1H3,(H,16,20)/t12-/m1/s1. The minimum atomic E-state index is -0.0638. The lowest BCUT2D eigenvalue weighted by atomic mass is 10.1. The normalized spacial score (nSPS) is 17.3. The van der Waals surface area contributed by atoms with E-state index in [1.807, 2.05) is 6.92 Å². The molecule has 1 atom stereocenters. The number of piperidine rings is 1. The summed E-state index contributed by atoms with van der Waals surface area (Å²) >= 11 is 2.92. The zero-order valence-corrected chi connectivity index (χ0v) is 14.3. The molecule has 3 rings (SSSR count). The molecule has 0 spiro atoms. The van der Waals surface area contributed by atoms with Gasteiger partial charge in [-0.25, -0.2) is 0 Å². The van der Waals surface area contributed by atoms with Gasteiger partial charge in [0.25, 0.3) is 5.91 Å². The maximum Gasteiger partial charge on any atom is 0.265 e. The second-order valence-electron chi connectivity index (χ2n) is 5.53. The SMILES string of the molecule is Cc1nnsc1C(=O)NC[C@H](c1cccs1)N1CCCCC1. The quantitative estimate of drug-likeness (QED) is 0.912. The van der Waals surface area contributed by atoms with Crippen molar-refractivity contribution < 1.29 is 4.79 Å². The Bertz CT molecular complexity index is 605. The highest BCUT2D eigenvalue weighted by Crippen LogP contribution is 2.27. The molecule has 0 unspecified atom stereocenters. The number of hydrogen-bond donors (Lipinski definition) is 1. The maximum absolute atomic E-state index is 12.3. The molecule has 0 bridgehead atoms. The van der Waals surface area contributed by atoms with Crippen LogP contribution in [-0.2, 0) is 0 Å². The molecule has 22 heavy (non-hydrogen) atoms. The highest BCUT2D eigenvalue weighted by atomic mass is 32.1. The molecule has 1 amide bonds. The molecule has 0 aliphatic carbocycles. The first-order chi connectivity index (χ1) is 10.8. The summed E-state index contributed by atoms with van der Waals surface area (Å²) in [6.45, 7) is 4.68. The number of likely N-dealkylation sites (tertiary alicyclic amines) is 1. The summed E-state index contributed by atoms with van der Waals surface area (Å²) in [7, 11) is 0. The minimum absolute atomic E-state index is 0.0638. The lowest BCUT2D eigenvalue weighted by Gasteiger charge is -2.34. The van der Waals surface area contributed by atoms with Gasteiger partial charge in [-0.15, -0.1) is 16.4 Å². The fraction of sp³-hybridized carbons (Fsp3) is 0.533. The summed E-state index contributed by atoms with van der Waals surface area (Å²) in [5, 5.41) is 9.07. The molecule has 1 fully saturated rings. The third kappa shape index (κ3) is 3.53. The number of rotatable bonds is 5. The lowest BCUT2D eigenvalue weighted by molar-refractivity contribution is 0.0929. The monoisotopic (exact) mass is 336 g/mol. The zero-order valence-electron chi connectivity index (χ0n) is 12.6. The minimum Gasteiger partial charge on any atom is -0.349 e. The Morgan fingerprint density at radius 1 is 1.41 bits per heavy atom. The van der Waals surface area contributed by atoms with Crippen LogP contribution in [0.15, 0.2) is 17.5 Å². The van der Waals surface area contributed by atoms with Gasteiger partial charge in [0.15, 0.2) is 0 Å². The smallest absolute Gasteiger partial charge is 0.265 e. The Kier molecular flexibility index (Phi) is 5.17. The highest BCUT2D eigenvalue weighted by Gasteiger charge is 2.24. The predicted octanol–water partition coefficient (Wildman–Crippen LogP) is 2.87. The van der Waals surface area contributed by atoms with E-state index in [0.717, 1.165) is 24.6 Å². The predicted molar refractivity (Wildman–Crippen MR) is 89.5 cm³/mol. The van der Waals surface area contributed by atoms with Crippen molar-refractivity contribution in [2.75, 3.05) is 19.6 Å². The van der Waals surface area contributed by atoms with Crippen LogP contribution in [0.25, 0.3) is 0 Å². The second-order valence-corrected chi connectivity index (χ2v) is 7.26. The van der Waals surface area contributed by atoms with E-state index in [4.69, 9.17) is 0 Å². The number of carbonyl (C=O) groups excluding carboxylic acids is 1. The van der Waals surface area contributed by atoms with E-state index in [1.54, 1.807) is 11.3 Å². The molecule has 1 N–H and O–H groups in total. The number of thiophene rings is 1. The van der Waals surface area contributed by atoms with Gasteiger partial charge >= 0.3 is 0 Å². The van der Waals surface area contributed by atoms with Crippen LogP contribution in [0.3, 0.4) is 0 Å². The molecule has 1 aliphatic rings. The van der Waals surface area contributed by atoms with Crippen LogP contribution < -0.4 is 5.32 Å². The van der Waals surface area contributed by atoms with Crippen molar-refractivity contribution in [2.45, 2.75) is 32.2 Å². The molecular formula is C15H20N4OS2. The first kappa shape index (κ1) is 15.6. The van der Waals surface area contributed by atoms with Gasteiger partial charge in [-0.1, -0.05) is 17.0 Å². The van der Waals surface area contributed by atoms with Gasteiger partial charge in [0, 0.05) is 11.4 Å². The summed E-state index contributed by atoms with van der Waals surface area (Å²) < 4.78 is 3.83. The third-order valence-corrected chi connectivity index (χ3v) is 5.82. The number of carbonyl (C=O) groups is 1. The van der Waals surface area contributed by atoms with E-state index in [9.17, 15) is 4.79 Å². The summed E-state index contributed by atoms with van der Waals surface area (Å²) in [4.78, 5) is 16.7. The van der Waals surface area contributed by atoms with Crippen LogP contribution in [0, 0.1) is 6.92 Å². The number of amides is 1. The van der Waals surface area contributed by atoms with E-state index in [0.29, 0.717) is 17.1 Å². The number of hydrogen-bond acceptors (Lipinski definition) is 6. The molecule has 0 saturated carbocycles. The molecule has 0 aromatic carbocycles. The Labute approximate surface area is 138 Å². The lowest BCUT2D eigenvalue weighted by Crippen LogP contribution is -2.40. The number of nitrogens with one attached hydrogen (secondary N) is 1. The van der Waals surface area contributed by atoms with E-state index in [-0.39, 0.29) is 11.9 Å². The average molecular weight is 336 g/mol. The van der Waals surface area contributed by atoms with Gasteiger partial charge in [-0.2, -0.15) is 0 Å². The Hall–Kier alpha value is -1.31. The van der Waals surface area contributed by atoms with Crippen molar-refractivity contribution in [1.29, 1.82) is 0 Å². The second kappa shape index (κ2) is 7.30. The van der Waals surface area contributed by atoms with Crippen molar-refractivity contribution in [2.24, 2.45) is 0 Å². The first-order valence-electron chi connectivity index (χ1n) is 7.60. The highest BCUT2D eigenvalue weighted by molar-refractivity contribution is 7.10. The van der Waals surface area contributed by atoms with Crippen molar-refractivity contribution in [1.82, 2.24) is 19.8 Å². The Balaban J connectivity index is 1.68. The molecule has 5 nitrogen and oxygen atoms in total. The van der Waals surface area contributed by atoms with E-state index in [1.165, 1.54) is 24.1 Å². The van der Waals surface area contributed by atoms with Crippen LogP contribution >= 0.6 is 22.9 Å². The van der Waals surface area contributed by atoms with Crippen LogP contribution in [0.1, 0.15) is 45.5 Å². The Morgan fingerprint density at radius 3 is 2.86 bits per heavy atom. The molecule has 3 heterocycles. The topological polar surface area (TPSA) is 58.1 Å². The molecule has 1 aliphatic heterocycles. The molecule has 2 aromatic rings. The molecule has 118 valence electrons. The molecule has 2 aromatic heterocycles.